The summed E-state index contributed by atoms with van der Waals surface area (Å²) in [5.74, 6) is 0.954. The molecule has 2 aromatic rings. The van der Waals surface area contributed by atoms with Crippen molar-refractivity contribution >= 4 is 12.4 Å². The molecule has 0 saturated carbocycles. The molecular weight excluding hydrogens is 270 g/mol. The molecule has 2 aromatic carbocycles. The number of para-hydroxylation sites is 1. The third kappa shape index (κ3) is 4.55. The first-order valence-electron chi connectivity index (χ1n) is 6.82. The van der Waals surface area contributed by atoms with E-state index in [9.17, 15) is 0 Å². The Kier molecular flexibility index (Phi) is 7.13. The SMILES string of the molecule is CCCc1ccccc1OCC(N)c1ccccc1.Cl. The molecule has 0 bridgehead atoms. The van der Waals surface area contributed by atoms with Gasteiger partial charge in [0.05, 0.1) is 6.04 Å². The Morgan fingerprint density at radius 3 is 2.35 bits per heavy atom. The largest absolute Gasteiger partial charge is 0.491 e. The quantitative estimate of drug-likeness (QED) is 0.868. The van der Waals surface area contributed by atoms with Crippen LogP contribution in [0, 0.1) is 0 Å². The fourth-order valence-corrected chi connectivity index (χ4v) is 2.10. The minimum absolute atomic E-state index is 0. The average molecular weight is 292 g/mol. The smallest absolute Gasteiger partial charge is 0.122 e. The molecule has 0 heterocycles. The van der Waals surface area contributed by atoms with E-state index >= 15 is 0 Å². The Labute approximate surface area is 127 Å². The summed E-state index contributed by atoms with van der Waals surface area (Å²) >= 11 is 0. The fraction of sp³-hybridized carbons (Fsp3) is 0.294. The van der Waals surface area contributed by atoms with E-state index in [2.05, 4.69) is 19.1 Å². The molecule has 0 aliphatic carbocycles. The second-order valence-corrected chi connectivity index (χ2v) is 4.69. The van der Waals surface area contributed by atoms with Gasteiger partial charge in [-0.1, -0.05) is 61.9 Å². The first kappa shape index (κ1) is 16.5. The van der Waals surface area contributed by atoms with Gasteiger partial charge in [0, 0.05) is 0 Å². The van der Waals surface area contributed by atoms with E-state index < -0.39 is 0 Å². The topological polar surface area (TPSA) is 35.2 Å². The van der Waals surface area contributed by atoms with E-state index in [4.69, 9.17) is 10.5 Å². The second kappa shape index (κ2) is 8.62. The number of hydrogen-bond acceptors (Lipinski definition) is 2. The molecule has 20 heavy (non-hydrogen) atoms. The van der Waals surface area contributed by atoms with Gasteiger partial charge in [-0.2, -0.15) is 0 Å². The van der Waals surface area contributed by atoms with Crippen molar-refractivity contribution in [3.63, 3.8) is 0 Å². The van der Waals surface area contributed by atoms with Gasteiger partial charge in [0.2, 0.25) is 0 Å². The lowest BCUT2D eigenvalue weighted by Crippen LogP contribution is -2.19. The molecule has 0 amide bonds. The van der Waals surface area contributed by atoms with E-state index in [1.54, 1.807) is 0 Å². The number of halogens is 1. The molecule has 2 nitrogen and oxygen atoms in total. The highest BCUT2D eigenvalue weighted by molar-refractivity contribution is 5.85. The Morgan fingerprint density at radius 2 is 1.65 bits per heavy atom. The molecule has 0 fully saturated rings. The van der Waals surface area contributed by atoms with Crippen LogP contribution in [-0.2, 0) is 6.42 Å². The van der Waals surface area contributed by atoms with Crippen LogP contribution in [0.4, 0.5) is 0 Å². The number of aryl methyl sites for hydroxylation is 1. The summed E-state index contributed by atoms with van der Waals surface area (Å²) in [6.07, 6.45) is 2.15. The maximum atomic E-state index is 6.14. The molecule has 1 atom stereocenters. The standard InChI is InChI=1S/C17H21NO.ClH/c1-2-8-15-11-6-7-12-17(15)19-13-16(18)14-9-4-3-5-10-14;/h3-7,9-12,16H,2,8,13,18H2,1H3;1H. The van der Waals surface area contributed by atoms with Gasteiger partial charge in [0.25, 0.3) is 0 Å². The number of rotatable bonds is 6. The van der Waals surface area contributed by atoms with Crippen molar-refractivity contribution in [3.8, 4) is 5.75 Å². The van der Waals surface area contributed by atoms with Crippen molar-refractivity contribution in [2.45, 2.75) is 25.8 Å². The number of nitrogens with two attached hydrogens (primary N) is 1. The van der Waals surface area contributed by atoms with Crippen LogP contribution in [0.2, 0.25) is 0 Å². The Hall–Kier alpha value is -1.51. The van der Waals surface area contributed by atoms with Crippen molar-refractivity contribution in [2.75, 3.05) is 6.61 Å². The predicted molar refractivity (Wildman–Crippen MR) is 86.6 cm³/mol. The molecule has 0 radical (unpaired) electrons. The molecule has 1 unspecified atom stereocenters. The lowest BCUT2D eigenvalue weighted by molar-refractivity contribution is 0.288. The van der Waals surface area contributed by atoms with Crippen LogP contribution in [0.5, 0.6) is 5.75 Å². The van der Waals surface area contributed by atoms with Crippen molar-refractivity contribution in [1.82, 2.24) is 0 Å². The molecule has 0 saturated heterocycles. The van der Waals surface area contributed by atoms with Crippen molar-refractivity contribution in [2.24, 2.45) is 5.73 Å². The molecule has 3 heteroatoms. The molecule has 108 valence electrons. The highest BCUT2D eigenvalue weighted by Gasteiger charge is 2.08. The Bertz CT molecular complexity index is 501. The summed E-state index contributed by atoms with van der Waals surface area (Å²) in [7, 11) is 0. The zero-order chi connectivity index (χ0) is 13.5. The van der Waals surface area contributed by atoms with Crippen LogP contribution in [0.1, 0.15) is 30.5 Å². The minimum atomic E-state index is -0.0871. The maximum Gasteiger partial charge on any atom is 0.122 e. The summed E-state index contributed by atoms with van der Waals surface area (Å²) in [4.78, 5) is 0. The molecular formula is C17H22ClNO. The van der Waals surface area contributed by atoms with Crippen LogP contribution in [-0.4, -0.2) is 6.61 Å². The van der Waals surface area contributed by atoms with Gasteiger partial charge in [0.15, 0.2) is 0 Å². The molecule has 0 spiro atoms. The predicted octanol–water partition coefficient (Wildman–Crippen LogP) is 4.14. The van der Waals surface area contributed by atoms with Crippen LogP contribution in [0.25, 0.3) is 0 Å². The zero-order valence-electron chi connectivity index (χ0n) is 11.8. The highest BCUT2D eigenvalue weighted by atomic mass is 35.5. The monoisotopic (exact) mass is 291 g/mol. The second-order valence-electron chi connectivity index (χ2n) is 4.69. The number of hydrogen-bond donors (Lipinski definition) is 1. The molecule has 0 aliphatic heterocycles. The van der Waals surface area contributed by atoms with Crippen molar-refractivity contribution < 1.29 is 4.74 Å². The van der Waals surface area contributed by atoms with E-state index in [1.165, 1.54) is 5.56 Å². The van der Waals surface area contributed by atoms with Crippen LogP contribution < -0.4 is 10.5 Å². The summed E-state index contributed by atoms with van der Waals surface area (Å²) in [6.45, 7) is 2.68. The van der Waals surface area contributed by atoms with Gasteiger partial charge >= 0.3 is 0 Å². The first-order valence-corrected chi connectivity index (χ1v) is 6.82. The van der Waals surface area contributed by atoms with E-state index in [1.807, 2.05) is 42.5 Å². The summed E-state index contributed by atoms with van der Waals surface area (Å²) in [5.41, 5.74) is 8.50. The van der Waals surface area contributed by atoms with Crippen LogP contribution in [0.15, 0.2) is 54.6 Å². The first-order chi connectivity index (χ1) is 9.31. The van der Waals surface area contributed by atoms with Gasteiger partial charge in [-0.05, 0) is 23.6 Å². The summed E-state index contributed by atoms with van der Waals surface area (Å²) < 4.78 is 5.88. The third-order valence-electron chi connectivity index (χ3n) is 3.14. The molecule has 0 aliphatic rings. The number of ether oxygens (including phenoxy) is 1. The van der Waals surface area contributed by atoms with Crippen molar-refractivity contribution in [3.05, 3.63) is 65.7 Å². The Morgan fingerprint density at radius 1 is 1.00 bits per heavy atom. The van der Waals surface area contributed by atoms with E-state index in [0.717, 1.165) is 24.2 Å². The molecule has 2 rings (SSSR count). The lowest BCUT2D eigenvalue weighted by Gasteiger charge is -2.15. The van der Waals surface area contributed by atoms with Gasteiger partial charge in [-0.3, -0.25) is 0 Å². The molecule has 2 N–H and O–H groups in total. The maximum absolute atomic E-state index is 6.14. The van der Waals surface area contributed by atoms with E-state index in [-0.39, 0.29) is 18.4 Å². The average Bonchev–Trinajstić information content (AvgIpc) is 2.47. The lowest BCUT2D eigenvalue weighted by atomic mass is 10.1. The summed E-state index contributed by atoms with van der Waals surface area (Å²) in [6, 6.07) is 18.2. The number of benzene rings is 2. The summed E-state index contributed by atoms with van der Waals surface area (Å²) in [5, 5.41) is 0. The van der Waals surface area contributed by atoms with Crippen LogP contribution in [0.3, 0.4) is 0 Å². The van der Waals surface area contributed by atoms with Crippen molar-refractivity contribution in [1.29, 1.82) is 0 Å². The Balaban J connectivity index is 0.00000200. The normalized spacial score (nSPS) is 11.5. The van der Waals surface area contributed by atoms with Crippen LogP contribution >= 0.6 is 12.4 Å². The van der Waals surface area contributed by atoms with Gasteiger partial charge < -0.3 is 10.5 Å². The van der Waals surface area contributed by atoms with Gasteiger partial charge in [-0.25, -0.2) is 0 Å². The van der Waals surface area contributed by atoms with Gasteiger partial charge in [0.1, 0.15) is 12.4 Å². The highest BCUT2D eigenvalue weighted by Crippen LogP contribution is 2.21. The van der Waals surface area contributed by atoms with Gasteiger partial charge in [-0.15, -0.1) is 12.4 Å². The third-order valence-corrected chi connectivity index (χ3v) is 3.14. The zero-order valence-corrected chi connectivity index (χ0v) is 12.6. The fourth-order valence-electron chi connectivity index (χ4n) is 2.10. The minimum Gasteiger partial charge on any atom is -0.491 e. The van der Waals surface area contributed by atoms with E-state index in [0.29, 0.717) is 6.61 Å². The molecule has 0 aromatic heterocycles.